The normalized spacial score (nSPS) is 14.5. The topological polar surface area (TPSA) is 79.6 Å². The Morgan fingerprint density at radius 3 is 2.29 bits per heavy atom. The molecule has 0 bridgehead atoms. The summed E-state index contributed by atoms with van der Waals surface area (Å²) < 4.78 is 0. The van der Waals surface area contributed by atoms with Crippen molar-refractivity contribution in [1.29, 1.82) is 0 Å². The van der Waals surface area contributed by atoms with Crippen LogP contribution in [0.4, 0.5) is 11.4 Å². The van der Waals surface area contributed by atoms with Crippen molar-refractivity contribution in [3.63, 3.8) is 0 Å². The van der Waals surface area contributed by atoms with Gasteiger partial charge in [0.05, 0.1) is 10.5 Å². The number of pyridine rings is 1. The number of nitrogens with zero attached hydrogens (tertiary/aromatic N) is 4. The first-order valence-electron chi connectivity index (χ1n) is 7.76. The molecule has 0 saturated carbocycles. The Balaban J connectivity index is 1.62. The molecule has 1 aromatic carbocycles. The van der Waals surface area contributed by atoms with E-state index in [9.17, 15) is 14.9 Å². The van der Waals surface area contributed by atoms with Gasteiger partial charge in [0.2, 0.25) is 0 Å². The molecular formula is C17H18N4O3. The molecule has 0 unspecified atom stereocenters. The summed E-state index contributed by atoms with van der Waals surface area (Å²) in [6.07, 6.45) is 1.61. The van der Waals surface area contributed by atoms with Crippen LogP contribution in [0.15, 0.2) is 42.6 Å². The van der Waals surface area contributed by atoms with E-state index >= 15 is 0 Å². The van der Waals surface area contributed by atoms with Crippen molar-refractivity contribution >= 4 is 17.3 Å². The van der Waals surface area contributed by atoms with E-state index < -0.39 is 4.92 Å². The largest absolute Gasteiger partial charge is 0.368 e. The average Bonchev–Trinajstić information content (AvgIpc) is 2.62. The molecule has 1 fully saturated rings. The SMILES string of the molecule is Cc1ccc(C(=O)N2CCN(c3ccc([N+](=O)[O-])cc3)CC2)cn1. The van der Waals surface area contributed by atoms with Crippen molar-refractivity contribution < 1.29 is 9.72 Å². The van der Waals surface area contributed by atoms with E-state index in [2.05, 4.69) is 9.88 Å². The van der Waals surface area contributed by atoms with Gasteiger partial charge < -0.3 is 9.80 Å². The van der Waals surface area contributed by atoms with Crippen LogP contribution in [0.2, 0.25) is 0 Å². The van der Waals surface area contributed by atoms with Crippen molar-refractivity contribution in [3.8, 4) is 0 Å². The molecule has 124 valence electrons. The van der Waals surface area contributed by atoms with Crippen molar-refractivity contribution in [3.05, 3.63) is 64.0 Å². The lowest BCUT2D eigenvalue weighted by Gasteiger charge is -2.36. The third-order valence-electron chi connectivity index (χ3n) is 4.15. The average molecular weight is 326 g/mol. The molecular weight excluding hydrogens is 308 g/mol. The second-order valence-corrected chi connectivity index (χ2v) is 5.74. The smallest absolute Gasteiger partial charge is 0.269 e. The van der Waals surface area contributed by atoms with Gasteiger partial charge in [0.25, 0.3) is 11.6 Å². The highest BCUT2D eigenvalue weighted by Gasteiger charge is 2.22. The van der Waals surface area contributed by atoms with Gasteiger partial charge in [-0.05, 0) is 31.2 Å². The van der Waals surface area contributed by atoms with Crippen LogP contribution in [0.25, 0.3) is 0 Å². The van der Waals surface area contributed by atoms with Gasteiger partial charge >= 0.3 is 0 Å². The highest BCUT2D eigenvalue weighted by atomic mass is 16.6. The first-order chi connectivity index (χ1) is 11.5. The maximum atomic E-state index is 12.5. The van der Waals surface area contributed by atoms with Crippen molar-refractivity contribution in [2.45, 2.75) is 6.92 Å². The summed E-state index contributed by atoms with van der Waals surface area (Å²) in [7, 11) is 0. The number of aryl methyl sites for hydroxylation is 1. The number of nitro benzene ring substituents is 1. The lowest BCUT2D eigenvalue weighted by Crippen LogP contribution is -2.48. The maximum absolute atomic E-state index is 12.5. The van der Waals surface area contributed by atoms with Crippen LogP contribution in [0.1, 0.15) is 16.1 Å². The molecule has 24 heavy (non-hydrogen) atoms. The quantitative estimate of drug-likeness (QED) is 0.638. The van der Waals surface area contributed by atoms with Gasteiger partial charge in [0.1, 0.15) is 0 Å². The summed E-state index contributed by atoms with van der Waals surface area (Å²) in [5, 5.41) is 10.7. The monoisotopic (exact) mass is 326 g/mol. The third-order valence-corrected chi connectivity index (χ3v) is 4.15. The van der Waals surface area contributed by atoms with Gasteiger partial charge in [-0.2, -0.15) is 0 Å². The molecule has 0 N–H and O–H groups in total. The maximum Gasteiger partial charge on any atom is 0.269 e. The van der Waals surface area contributed by atoms with Crippen molar-refractivity contribution in [2.75, 3.05) is 31.1 Å². The van der Waals surface area contributed by atoms with Crippen LogP contribution >= 0.6 is 0 Å². The predicted octanol–water partition coefficient (Wildman–Crippen LogP) is 2.26. The Morgan fingerprint density at radius 2 is 1.75 bits per heavy atom. The number of piperazine rings is 1. The number of carbonyl (C=O) groups excluding carboxylic acids is 1. The molecule has 1 aliphatic rings. The molecule has 1 amide bonds. The number of anilines is 1. The zero-order chi connectivity index (χ0) is 17.1. The number of non-ortho nitro benzene ring substituents is 1. The first kappa shape index (κ1) is 15.9. The van der Waals surface area contributed by atoms with Crippen LogP contribution in [0.5, 0.6) is 0 Å². The summed E-state index contributed by atoms with van der Waals surface area (Å²) in [4.78, 5) is 30.9. The van der Waals surface area contributed by atoms with E-state index in [-0.39, 0.29) is 11.6 Å². The number of hydrogen-bond acceptors (Lipinski definition) is 5. The second kappa shape index (κ2) is 6.66. The molecule has 2 heterocycles. The zero-order valence-electron chi connectivity index (χ0n) is 13.4. The summed E-state index contributed by atoms with van der Waals surface area (Å²) in [6, 6.07) is 10.1. The van der Waals surface area contributed by atoms with E-state index in [0.29, 0.717) is 31.7 Å². The molecule has 7 heteroatoms. The Labute approximate surface area is 139 Å². The number of hydrogen-bond donors (Lipinski definition) is 0. The fourth-order valence-corrected chi connectivity index (χ4v) is 2.73. The summed E-state index contributed by atoms with van der Waals surface area (Å²) in [5.74, 6) is -0.00847. The molecule has 0 spiro atoms. The molecule has 3 rings (SSSR count). The van der Waals surface area contributed by atoms with E-state index in [4.69, 9.17) is 0 Å². The van der Waals surface area contributed by atoms with Crippen molar-refractivity contribution in [1.82, 2.24) is 9.88 Å². The van der Waals surface area contributed by atoms with Crippen LogP contribution in [0.3, 0.4) is 0 Å². The molecule has 0 atom stereocenters. The Bertz CT molecular complexity index is 735. The molecule has 0 radical (unpaired) electrons. The zero-order valence-corrected chi connectivity index (χ0v) is 13.4. The van der Waals surface area contributed by atoms with E-state index in [1.165, 1.54) is 12.1 Å². The molecule has 7 nitrogen and oxygen atoms in total. The van der Waals surface area contributed by atoms with Crippen LogP contribution in [0, 0.1) is 17.0 Å². The van der Waals surface area contributed by atoms with Gasteiger partial charge in [-0.25, -0.2) is 0 Å². The molecule has 1 aliphatic heterocycles. The number of nitro groups is 1. The second-order valence-electron chi connectivity index (χ2n) is 5.74. The molecule has 0 aliphatic carbocycles. The highest BCUT2D eigenvalue weighted by molar-refractivity contribution is 5.94. The highest BCUT2D eigenvalue weighted by Crippen LogP contribution is 2.21. The fraction of sp³-hybridized carbons (Fsp3) is 0.294. The first-order valence-corrected chi connectivity index (χ1v) is 7.76. The minimum atomic E-state index is -0.407. The Hall–Kier alpha value is -2.96. The van der Waals surface area contributed by atoms with Crippen LogP contribution in [-0.4, -0.2) is 46.9 Å². The van der Waals surface area contributed by atoms with Gasteiger partial charge in [0, 0.05) is 55.9 Å². The lowest BCUT2D eigenvalue weighted by atomic mass is 10.2. The summed E-state index contributed by atoms with van der Waals surface area (Å²) >= 11 is 0. The summed E-state index contributed by atoms with van der Waals surface area (Å²) in [6.45, 7) is 4.51. The van der Waals surface area contributed by atoms with Crippen LogP contribution < -0.4 is 4.90 Å². The fourth-order valence-electron chi connectivity index (χ4n) is 2.73. The number of carbonyl (C=O) groups is 1. The van der Waals surface area contributed by atoms with Gasteiger partial charge in [-0.3, -0.25) is 19.9 Å². The van der Waals surface area contributed by atoms with E-state index in [0.717, 1.165) is 11.4 Å². The number of amides is 1. The van der Waals surface area contributed by atoms with Crippen LogP contribution in [-0.2, 0) is 0 Å². The molecule has 2 aromatic rings. The summed E-state index contributed by atoms with van der Waals surface area (Å²) in [5.41, 5.74) is 2.50. The van der Waals surface area contributed by atoms with Gasteiger partial charge in [0.15, 0.2) is 0 Å². The third kappa shape index (κ3) is 3.34. The Kier molecular flexibility index (Phi) is 4.41. The van der Waals surface area contributed by atoms with Gasteiger partial charge in [-0.1, -0.05) is 0 Å². The Morgan fingerprint density at radius 1 is 1.08 bits per heavy atom. The molecule has 1 saturated heterocycles. The van der Waals surface area contributed by atoms with E-state index in [1.54, 1.807) is 24.4 Å². The van der Waals surface area contributed by atoms with Crippen molar-refractivity contribution in [2.24, 2.45) is 0 Å². The minimum Gasteiger partial charge on any atom is -0.368 e. The molecule has 1 aromatic heterocycles. The number of benzene rings is 1. The van der Waals surface area contributed by atoms with E-state index in [1.807, 2.05) is 17.9 Å². The van der Waals surface area contributed by atoms with Gasteiger partial charge in [-0.15, -0.1) is 0 Å². The number of aromatic nitrogens is 1. The number of rotatable bonds is 3. The lowest BCUT2D eigenvalue weighted by molar-refractivity contribution is -0.384. The minimum absolute atomic E-state index is 0.00847. The standard InChI is InChI=1S/C17H18N4O3/c1-13-2-3-14(12-18-13)17(22)20-10-8-19(9-11-20)15-4-6-16(7-5-15)21(23)24/h2-7,12H,8-11H2,1H3. The predicted molar refractivity (Wildman–Crippen MR) is 90.2 cm³/mol.